The summed E-state index contributed by atoms with van der Waals surface area (Å²) in [5.74, 6) is 0.848. The van der Waals surface area contributed by atoms with E-state index in [2.05, 4.69) is 25.8 Å². The van der Waals surface area contributed by atoms with E-state index in [9.17, 15) is 9.59 Å². The first-order chi connectivity index (χ1) is 15.0. The lowest BCUT2D eigenvalue weighted by Crippen LogP contribution is -2.27. The van der Waals surface area contributed by atoms with E-state index in [1.165, 1.54) is 18.3 Å². The van der Waals surface area contributed by atoms with Crippen molar-refractivity contribution in [1.82, 2.24) is 20.4 Å². The van der Waals surface area contributed by atoms with Crippen molar-refractivity contribution in [1.29, 1.82) is 0 Å². The maximum Gasteiger partial charge on any atom is 0.412 e. The molecule has 1 unspecified atom stereocenters. The van der Waals surface area contributed by atoms with Crippen molar-refractivity contribution in [2.75, 3.05) is 5.32 Å². The minimum absolute atomic E-state index is 0.197. The van der Waals surface area contributed by atoms with Crippen LogP contribution < -0.4 is 15.4 Å². The van der Waals surface area contributed by atoms with Crippen molar-refractivity contribution in [3.8, 4) is 21.6 Å². The number of hydrogen-bond donors (Lipinski definition) is 2. The van der Waals surface area contributed by atoms with Gasteiger partial charge in [-0.25, -0.2) is 9.78 Å². The van der Waals surface area contributed by atoms with Gasteiger partial charge in [0.1, 0.15) is 17.4 Å². The van der Waals surface area contributed by atoms with E-state index in [0.29, 0.717) is 27.3 Å². The van der Waals surface area contributed by atoms with Gasteiger partial charge in [0, 0.05) is 13.0 Å². The Labute approximate surface area is 193 Å². The summed E-state index contributed by atoms with van der Waals surface area (Å²) >= 11 is 7.46. The van der Waals surface area contributed by atoms with Crippen LogP contribution in [-0.4, -0.2) is 32.7 Å². The molecule has 0 aliphatic carbocycles. The van der Waals surface area contributed by atoms with Gasteiger partial charge in [-0.1, -0.05) is 28.1 Å². The average molecular weight is 480 g/mol. The van der Waals surface area contributed by atoms with Gasteiger partial charge in [0.15, 0.2) is 0 Å². The predicted octanol–water partition coefficient (Wildman–Crippen LogP) is 5.18. The van der Waals surface area contributed by atoms with Crippen molar-refractivity contribution < 1.29 is 23.6 Å². The van der Waals surface area contributed by atoms with E-state index < -0.39 is 17.7 Å². The number of nitrogens with one attached hydrogen (secondary N) is 2. The molecule has 2 amide bonds. The number of benzene rings is 1. The topological polar surface area (TPSA) is 128 Å². The molecule has 2 heterocycles. The molecule has 0 saturated carbocycles. The third kappa shape index (κ3) is 6.41. The highest BCUT2D eigenvalue weighted by atomic mass is 35.5. The fourth-order valence-electron chi connectivity index (χ4n) is 2.46. The minimum Gasteiger partial charge on any atom is -0.444 e. The number of anilines is 1. The van der Waals surface area contributed by atoms with Crippen molar-refractivity contribution >= 4 is 40.6 Å². The molecule has 12 heteroatoms. The Balaban J connectivity index is 1.65. The number of carbonyl (C=O) groups excluding carboxylic acids is 2. The van der Waals surface area contributed by atoms with Gasteiger partial charge in [-0.15, -0.1) is 0 Å². The highest BCUT2D eigenvalue weighted by Gasteiger charge is 2.19. The van der Waals surface area contributed by atoms with E-state index in [0.717, 1.165) is 0 Å². The molecule has 32 heavy (non-hydrogen) atoms. The summed E-state index contributed by atoms with van der Waals surface area (Å²) in [5.41, 5.74) is -0.232. The molecular formula is C20H22ClN5O5S. The molecule has 0 aliphatic rings. The van der Waals surface area contributed by atoms with Crippen LogP contribution in [0.4, 0.5) is 10.5 Å². The van der Waals surface area contributed by atoms with Crippen molar-refractivity contribution in [3.63, 3.8) is 0 Å². The smallest absolute Gasteiger partial charge is 0.412 e. The van der Waals surface area contributed by atoms with Crippen LogP contribution in [0.5, 0.6) is 10.9 Å². The Hall–Kier alpha value is -3.18. The number of halogens is 1. The minimum atomic E-state index is -0.621. The molecule has 3 aromatic rings. The summed E-state index contributed by atoms with van der Waals surface area (Å²) in [6, 6.07) is 4.38. The van der Waals surface area contributed by atoms with E-state index >= 15 is 0 Å². The van der Waals surface area contributed by atoms with Gasteiger partial charge >= 0.3 is 6.09 Å². The van der Waals surface area contributed by atoms with E-state index in [4.69, 9.17) is 25.6 Å². The van der Waals surface area contributed by atoms with E-state index in [1.807, 2.05) is 0 Å². The summed E-state index contributed by atoms with van der Waals surface area (Å²) in [6.07, 6.45) is 0.947. The second-order valence-corrected chi connectivity index (χ2v) is 9.14. The molecule has 2 aromatic heterocycles. The zero-order chi connectivity index (χ0) is 23.5. The van der Waals surface area contributed by atoms with Crippen LogP contribution in [0.15, 0.2) is 28.9 Å². The van der Waals surface area contributed by atoms with Gasteiger partial charge < -0.3 is 19.3 Å². The number of hydrogen-bond acceptors (Lipinski definition) is 9. The molecule has 0 bridgehead atoms. The first kappa shape index (κ1) is 23.5. The third-order valence-corrected chi connectivity index (χ3v) is 4.90. The fraction of sp³-hybridized carbons (Fsp3) is 0.350. The molecule has 0 spiro atoms. The Morgan fingerprint density at radius 1 is 1.28 bits per heavy atom. The summed E-state index contributed by atoms with van der Waals surface area (Å²) in [5, 5.41) is 9.80. The molecular weight excluding hydrogens is 458 g/mol. The number of rotatable bonds is 6. The zero-order valence-corrected chi connectivity index (χ0v) is 19.6. The summed E-state index contributed by atoms with van der Waals surface area (Å²) < 4.78 is 16.2. The van der Waals surface area contributed by atoms with Crippen molar-refractivity contribution in [3.05, 3.63) is 35.3 Å². The largest absolute Gasteiger partial charge is 0.444 e. The number of ether oxygens (including phenoxy) is 2. The molecule has 0 radical (unpaired) electrons. The van der Waals surface area contributed by atoms with Crippen LogP contribution >= 0.6 is 22.9 Å². The lowest BCUT2D eigenvalue weighted by Gasteiger charge is -2.20. The van der Waals surface area contributed by atoms with Crippen LogP contribution in [0.3, 0.4) is 0 Å². The number of nitrogens with zero attached hydrogens (tertiary/aromatic N) is 3. The van der Waals surface area contributed by atoms with Crippen LogP contribution in [-0.2, 0) is 9.53 Å². The molecule has 1 atom stereocenters. The first-order valence-corrected chi connectivity index (χ1v) is 10.7. The number of carbonyl (C=O) groups is 2. The number of amides is 2. The maximum absolute atomic E-state index is 11.9. The molecule has 170 valence electrons. The highest BCUT2D eigenvalue weighted by molar-refractivity contribution is 7.16. The number of thiazole rings is 1. The zero-order valence-electron chi connectivity index (χ0n) is 18.1. The van der Waals surface area contributed by atoms with E-state index in [-0.39, 0.29) is 16.8 Å². The van der Waals surface area contributed by atoms with E-state index in [1.54, 1.807) is 52.1 Å². The molecule has 2 N–H and O–H groups in total. The predicted molar refractivity (Wildman–Crippen MR) is 119 cm³/mol. The fourth-order valence-corrected chi connectivity index (χ4v) is 3.39. The van der Waals surface area contributed by atoms with Gasteiger partial charge in [-0.2, -0.15) is 4.98 Å². The quantitative estimate of drug-likeness (QED) is 0.494. The van der Waals surface area contributed by atoms with Crippen LogP contribution in [0.2, 0.25) is 5.02 Å². The van der Waals surface area contributed by atoms with Gasteiger partial charge in [0.25, 0.3) is 5.19 Å². The standard InChI is InChI=1S/C20H22ClN5O5S/c1-10(23-11(2)27)17-25-16(26-31-17)15-9-22-19(32-15)29-12-6-7-14(13(21)8-12)24-18(28)30-20(3,4)5/h6-10H,1-5H3,(H,23,27)(H,24,28). The average Bonchev–Trinajstić information content (AvgIpc) is 3.31. The SMILES string of the molecule is CC(=O)NC(C)c1nc(-c2cnc(Oc3ccc(NC(=O)OC(C)(C)C)c(Cl)c3)s2)no1. The number of aromatic nitrogens is 3. The second kappa shape index (κ2) is 9.53. The van der Waals surface area contributed by atoms with Crippen LogP contribution in [0.1, 0.15) is 46.6 Å². The molecule has 10 nitrogen and oxygen atoms in total. The molecule has 3 rings (SSSR count). The summed E-state index contributed by atoms with van der Waals surface area (Å²) in [6.45, 7) is 8.46. The Morgan fingerprint density at radius 2 is 2.03 bits per heavy atom. The van der Waals surface area contributed by atoms with Crippen molar-refractivity contribution in [2.45, 2.75) is 46.3 Å². The lowest BCUT2D eigenvalue weighted by atomic mass is 10.2. The highest BCUT2D eigenvalue weighted by Crippen LogP contribution is 2.34. The lowest BCUT2D eigenvalue weighted by molar-refractivity contribution is -0.119. The van der Waals surface area contributed by atoms with Gasteiger partial charge in [-0.3, -0.25) is 10.1 Å². The third-order valence-electron chi connectivity index (χ3n) is 3.72. The van der Waals surface area contributed by atoms with Crippen molar-refractivity contribution in [2.24, 2.45) is 0 Å². The molecule has 0 fully saturated rings. The molecule has 0 saturated heterocycles. The monoisotopic (exact) mass is 479 g/mol. The van der Waals surface area contributed by atoms with Gasteiger partial charge in [-0.05, 0) is 39.8 Å². The van der Waals surface area contributed by atoms with Gasteiger partial charge in [0.05, 0.1) is 21.8 Å². The molecule has 1 aromatic carbocycles. The van der Waals surface area contributed by atoms with Gasteiger partial charge in [0.2, 0.25) is 17.6 Å². The Morgan fingerprint density at radius 3 is 2.69 bits per heavy atom. The molecule has 0 aliphatic heterocycles. The second-order valence-electron chi connectivity index (χ2n) is 7.74. The Kier molecular flexibility index (Phi) is 6.99. The summed E-state index contributed by atoms with van der Waals surface area (Å²) in [4.78, 5) is 32.2. The summed E-state index contributed by atoms with van der Waals surface area (Å²) in [7, 11) is 0. The van der Waals surface area contributed by atoms with Crippen LogP contribution in [0, 0.1) is 0 Å². The Bertz CT molecular complexity index is 1120. The van der Waals surface area contributed by atoms with Crippen LogP contribution in [0.25, 0.3) is 10.7 Å². The maximum atomic E-state index is 11.9. The first-order valence-electron chi connectivity index (χ1n) is 9.54. The normalized spacial score (nSPS) is 12.2.